The number of carbonyl (C=O) groups excluding carboxylic acids is 1. The summed E-state index contributed by atoms with van der Waals surface area (Å²) in [6, 6.07) is 14.6. The van der Waals surface area contributed by atoms with E-state index in [4.69, 9.17) is 16.9 Å². The second kappa shape index (κ2) is 5.71. The zero-order valence-electron chi connectivity index (χ0n) is 12.3. The van der Waals surface area contributed by atoms with E-state index in [0.29, 0.717) is 16.1 Å². The van der Waals surface area contributed by atoms with Gasteiger partial charge in [-0.3, -0.25) is 4.79 Å². The van der Waals surface area contributed by atoms with Crippen LogP contribution < -0.4 is 0 Å². The number of ketones is 1. The van der Waals surface area contributed by atoms with E-state index in [1.54, 1.807) is 24.3 Å². The maximum atomic E-state index is 12.4. The number of hydrogen-bond donors (Lipinski definition) is 0. The fraction of sp³-hybridized carbons (Fsp3) is 0.222. The van der Waals surface area contributed by atoms with Crippen LogP contribution in [-0.4, -0.2) is 5.78 Å². The van der Waals surface area contributed by atoms with Gasteiger partial charge in [0, 0.05) is 21.6 Å². The number of nitriles is 1. The zero-order valence-corrected chi connectivity index (χ0v) is 13.0. The molecule has 2 rings (SSSR count). The van der Waals surface area contributed by atoms with Crippen molar-refractivity contribution in [3.63, 3.8) is 0 Å². The Morgan fingerprint density at radius 3 is 2.24 bits per heavy atom. The first-order valence-electron chi connectivity index (χ1n) is 6.68. The minimum absolute atomic E-state index is 0.0778. The van der Waals surface area contributed by atoms with E-state index in [1.165, 1.54) is 0 Å². The molecule has 0 bridgehead atoms. The van der Waals surface area contributed by atoms with Gasteiger partial charge < -0.3 is 0 Å². The number of hydrogen-bond acceptors (Lipinski definition) is 2. The third-order valence-electron chi connectivity index (χ3n) is 3.23. The lowest BCUT2D eigenvalue weighted by Crippen LogP contribution is -2.20. The van der Waals surface area contributed by atoms with Gasteiger partial charge in [0.1, 0.15) is 0 Å². The normalized spacial score (nSPS) is 11.0. The van der Waals surface area contributed by atoms with E-state index in [-0.39, 0.29) is 5.78 Å². The molecule has 0 heterocycles. The molecule has 21 heavy (non-hydrogen) atoms. The molecule has 0 atom stereocenters. The van der Waals surface area contributed by atoms with Crippen LogP contribution in [0.3, 0.4) is 0 Å². The Hall–Kier alpha value is -2.11. The summed E-state index contributed by atoms with van der Waals surface area (Å²) in [5.41, 5.74) is 2.50. The second-order valence-corrected chi connectivity index (χ2v) is 6.37. The number of nitrogens with zero attached hydrogens (tertiary/aromatic N) is 1. The quantitative estimate of drug-likeness (QED) is 0.723. The van der Waals surface area contributed by atoms with Crippen molar-refractivity contribution in [3.8, 4) is 17.2 Å². The summed E-state index contributed by atoms with van der Waals surface area (Å²) >= 11 is 6.25. The van der Waals surface area contributed by atoms with Gasteiger partial charge >= 0.3 is 0 Å². The molecule has 0 radical (unpaired) electrons. The molecule has 106 valence electrons. The number of Topliss-reactive ketones (excluding diaryl/α,β-unsaturated/α-hetero) is 1. The standard InChI is InChI=1S/C18H16ClNO/c1-18(2,3)17(21)14-8-9-16(19)15(10-14)13-6-4-12(11-20)5-7-13/h4-10H,1-3H3. The molecule has 0 amide bonds. The molecule has 0 aromatic heterocycles. The fourth-order valence-corrected chi connectivity index (χ4v) is 2.27. The van der Waals surface area contributed by atoms with Gasteiger partial charge in [0.05, 0.1) is 11.6 Å². The zero-order chi connectivity index (χ0) is 15.6. The van der Waals surface area contributed by atoms with Crippen molar-refractivity contribution in [2.24, 2.45) is 5.41 Å². The molecule has 0 saturated heterocycles. The summed E-state index contributed by atoms with van der Waals surface area (Å²) in [5, 5.41) is 9.43. The highest BCUT2D eigenvalue weighted by molar-refractivity contribution is 6.33. The Bertz CT molecular complexity index is 718. The highest BCUT2D eigenvalue weighted by atomic mass is 35.5. The van der Waals surface area contributed by atoms with Gasteiger partial charge in [-0.25, -0.2) is 0 Å². The fourth-order valence-electron chi connectivity index (χ4n) is 2.05. The van der Waals surface area contributed by atoms with Crippen molar-refractivity contribution in [2.75, 3.05) is 0 Å². The lowest BCUT2D eigenvalue weighted by Gasteiger charge is -2.17. The van der Waals surface area contributed by atoms with Crippen LogP contribution in [0.5, 0.6) is 0 Å². The summed E-state index contributed by atoms with van der Waals surface area (Å²) in [4.78, 5) is 12.4. The van der Waals surface area contributed by atoms with Gasteiger partial charge in [0.25, 0.3) is 0 Å². The third kappa shape index (κ3) is 3.32. The Balaban J connectivity index is 2.49. The number of halogens is 1. The molecule has 0 aliphatic rings. The molecule has 2 aromatic carbocycles. The maximum absolute atomic E-state index is 12.4. The minimum Gasteiger partial charge on any atom is -0.294 e. The predicted octanol–water partition coefficient (Wildman–Crippen LogP) is 5.11. The summed E-state index contributed by atoms with van der Waals surface area (Å²) in [5.74, 6) is 0.0778. The second-order valence-electron chi connectivity index (χ2n) is 5.96. The van der Waals surface area contributed by atoms with Gasteiger partial charge in [0.2, 0.25) is 0 Å². The molecule has 0 fully saturated rings. The summed E-state index contributed by atoms with van der Waals surface area (Å²) < 4.78 is 0. The topological polar surface area (TPSA) is 40.9 Å². The maximum Gasteiger partial charge on any atom is 0.168 e. The molecule has 0 unspecified atom stereocenters. The monoisotopic (exact) mass is 297 g/mol. The minimum atomic E-state index is -0.435. The van der Waals surface area contributed by atoms with Crippen LogP contribution in [-0.2, 0) is 0 Å². The van der Waals surface area contributed by atoms with E-state index in [0.717, 1.165) is 11.1 Å². The van der Waals surface area contributed by atoms with Crippen LogP contribution in [0.15, 0.2) is 42.5 Å². The molecule has 0 saturated carbocycles. The Kier molecular flexibility index (Phi) is 4.16. The molecule has 0 aliphatic heterocycles. The van der Waals surface area contributed by atoms with Crippen LogP contribution >= 0.6 is 11.6 Å². The van der Waals surface area contributed by atoms with Crippen molar-refractivity contribution in [2.45, 2.75) is 20.8 Å². The number of carbonyl (C=O) groups is 1. The van der Waals surface area contributed by atoms with Crippen LogP contribution in [0, 0.1) is 16.7 Å². The van der Waals surface area contributed by atoms with Crippen LogP contribution in [0.2, 0.25) is 5.02 Å². The Morgan fingerprint density at radius 1 is 1.10 bits per heavy atom. The molecule has 0 aliphatic carbocycles. The Morgan fingerprint density at radius 2 is 1.71 bits per heavy atom. The Labute approximate surface area is 130 Å². The summed E-state index contributed by atoms with van der Waals surface area (Å²) in [6.45, 7) is 5.68. The number of rotatable bonds is 2. The highest BCUT2D eigenvalue weighted by Crippen LogP contribution is 2.31. The van der Waals surface area contributed by atoms with E-state index in [2.05, 4.69) is 6.07 Å². The van der Waals surface area contributed by atoms with Crippen molar-refractivity contribution in [1.29, 1.82) is 5.26 Å². The van der Waals surface area contributed by atoms with Gasteiger partial charge in [0.15, 0.2) is 5.78 Å². The van der Waals surface area contributed by atoms with Gasteiger partial charge in [-0.05, 0) is 35.9 Å². The first-order valence-corrected chi connectivity index (χ1v) is 7.05. The van der Waals surface area contributed by atoms with Crippen LogP contribution in [0.4, 0.5) is 0 Å². The van der Waals surface area contributed by atoms with Crippen molar-refractivity contribution in [1.82, 2.24) is 0 Å². The van der Waals surface area contributed by atoms with E-state index >= 15 is 0 Å². The van der Waals surface area contributed by atoms with Crippen molar-refractivity contribution >= 4 is 17.4 Å². The summed E-state index contributed by atoms with van der Waals surface area (Å²) in [7, 11) is 0. The van der Waals surface area contributed by atoms with Gasteiger partial charge in [-0.15, -0.1) is 0 Å². The van der Waals surface area contributed by atoms with Gasteiger partial charge in [-0.1, -0.05) is 44.5 Å². The summed E-state index contributed by atoms with van der Waals surface area (Å²) in [6.07, 6.45) is 0. The van der Waals surface area contributed by atoms with Crippen molar-refractivity contribution < 1.29 is 4.79 Å². The molecule has 0 N–H and O–H groups in total. The third-order valence-corrected chi connectivity index (χ3v) is 3.56. The molecule has 0 spiro atoms. The molecular formula is C18H16ClNO. The number of benzene rings is 2. The van der Waals surface area contributed by atoms with E-state index in [1.807, 2.05) is 39.0 Å². The SMILES string of the molecule is CC(C)(C)C(=O)c1ccc(Cl)c(-c2ccc(C#N)cc2)c1. The average molecular weight is 298 g/mol. The van der Waals surface area contributed by atoms with Crippen LogP contribution in [0.1, 0.15) is 36.7 Å². The molecule has 3 heteroatoms. The van der Waals surface area contributed by atoms with Crippen molar-refractivity contribution in [3.05, 3.63) is 58.6 Å². The van der Waals surface area contributed by atoms with E-state index in [9.17, 15) is 4.79 Å². The molecule has 2 nitrogen and oxygen atoms in total. The first kappa shape index (κ1) is 15.3. The predicted molar refractivity (Wildman–Crippen MR) is 85.4 cm³/mol. The smallest absolute Gasteiger partial charge is 0.168 e. The highest BCUT2D eigenvalue weighted by Gasteiger charge is 2.23. The lowest BCUT2D eigenvalue weighted by molar-refractivity contribution is 0.0858. The molecular weight excluding hydrogens is 282 g/mol. The van der Waals surface area contributed by atoms with E-state index < -0.39 is 5.41 Å². The van der Waals surface area contributed by atoms with Gasteiger partial charge in [-0.2, -0.15) is 5.26 Å². The first-order chi connectivity index (χ1) is 9.82. The van der Waals surface area contributed by atoms with Crippen LogP contribution in [0.25, 0.3) is 11.1 Å². The lowest BCUT2D eigenvalue weighted by atomic mass is 9.85. The largest absolute Gasteiger partial charge is 0.294 e. The average Bonchev–Trinajstić information content (AvgIpc) is 2.46. The molecule has 2 aromatic rings.